The van der Waals surface area contributed by atoms with Gasteiger partial charge in [-0.3, -0.25) is 9.59 Å². The van der Waals surface area contributed by atoms with E-state index in [9.17, 15) is 14.0 Å². The van der Waals surface area contributed by atoms with Crippen LogP contribution in [-0.2, 0) is 9.59 Å². The average molecular weight is 355 g/mol. The Morgan fingerprint density at radius 1 is 1.25 bits per heavy atom. The Morgan fingerprint density at radius 2 is 1.96 bits per heavy atom. The predicted octanol–water partition coefficient (Wildman–Crippen LogP) is 2.82. The van der Waals surface area contributed by atoms with Crippen LogP contribution in [0.4, 0.5) is 10.1 Å². The molecule has 1 aliphatic carbocycles. The number of benzene rings is 1. The van der Waals surface area contributed by atoms with E-state index in [1.165, 1.54) is 12.1 Å². The smallest absolute Gasteiger partial charge is 0.306 e. The number of nitrogens with zero attached hydrogens (tertiary/aromatic N) is 1. The predicted molar refractivity (Wildman–Crippen MR) is 88.7 cm³/mol. The van der Waals surface area contributed by atoms with Crippen LogP contribution in [0.15, 0.2) is 18.2 Å². The van der Waals surface area contributed by atoms with Crippen molar-refractivity contribution in [2.75, 3.05) is 11.4 Å². The van der Waals surface area contributed by atoms with Gasteiger partial charge in [0.05, 0.1) is 10.9 Å². The van der Waals surface area contributed by atoms with Gasteiger partial charge in [-0.25, -0.2) is 4.39 Å². The van der Waals surface area contributed by atoms with Gasteiger partial charge in [-0.2, -0.15) is 0 Å². The number of carbonyl (C=O) groups is 2. The van der Waals surface area contributed by atoms with Crippen molar-refractivity contribution in [3.8, 4) is 0 Å². The van der Waals surface area contributed by atoms with Gasteiger partial charge in [0, 0.05) is 30.7 Å². The largest absolute Gasteiger partial charge is 0.481 e. The number of nitrogens with one attached hydrogen (secondary N) is 1. The maximum atomic E-state index is 13.6. The molecule has 2 aliphatic rings. The highest BCUT2D eigenvalue weighted by atomic mass is 35.5. The summed E-state index contributed by atoms with van der Waals surface area (Å²) in [5.74, 6) is -1.55. The van der Waals surface area contributed by atoms with Crippen LogP contribution in [0.3, 0.4) is 0 Å². The fourth-order valence-corrected chi connectivity index (χ4v) is 3.68. The number of aliphatic carboxylic acids is 1. The van der Waals surface area contributed by atoms with Crippen molar-refractivity contribution in [3.63, 3.8) is 0 Å². The van der Waals surface area contributed by atoms with Crippen LogP contribution >= 0.6 is 11.6 Å². The molecule has 0 bridgehead atoms. The summed E-state index contributed by atoms with van der Waals surface area (Å²) in [5.41, 5.74) is 0.515. The summed E-state index contributed by atoms with van der Waals surface area (Å²) in [5, 5.41) is 12.5. The molecule has 0 spiro atoms. The van der Waals surface area contributed by atoms with Gasteiger partial charge in [-0.1, -0.05) is 11.6 Å². The van der Waals surface area contributed by atoms with Gasteiger partial charge in [-0.15, -0.1) is 0 Å². The van der Waals surface area contributed by atoms with E-state index >= 15 is 0 Å². The first-order valence-corrected chi connectivity index (χ1v) is 8.56. The fourth-order valence-electron chi connectivity index (χ4n) is 3.56. The first-order chi connectivity index (χ1) is 11.4. The molecule has 1 saturated heterocycles. The minimum absolute atomic E-state index is 0.00242. The lowest BCUT2D eigenvalue weighted by molar-refractivity contribution is -0.142. The molecule has 1 aromatic rings. The van der Waals surface area contributed by atoms with E-state index in [-0.39, 0.29) is 28.9 Å². The molecule has 1 saturated carbocycles. The van der Waals surface area contributed by atoms with E-state index in [1.807, 2.05) is 0 Å². The van der Waals surface area contributed by atoms with Gasteiger partial charge < -0.3 is 15.3 Å². The van der Waals surface area contributed by atoms with Gasteiger partial charge >= 0.3 is 5.97 Å². The van der Waals surface area contributed by atoms with E-state index in [2.05, 4.69) is 5.32 Å². The molecule has 24 heavy (non-hydrogen) atoms. The molecular weight excluding hydrogens is 335 g/mol. The number of hydrogen-bond acceptors (Lipinski definition) is 3. The van der Waals surface area contributed by atoms with Crippen LogP contribution in [-0.4, -0.2) is 35.6 Å². The molecule has 1 unspecified atom stereocenters. The number of carboxylic acids is 1. The number of anilines is 1. The highest BCUT2D eigenvalue weighted by Crippen LogP contribution is 2.28. The lowest BCUT2D eigenvalue weighted by Gasteiger charge is -2.29. The monoisotopic (exact) mass is 354 g/mol. The van der Waals surface area contributed by atoms with Crippen molar-refractivity contribution < 1.29 is 19.1 Å². The Labute approximate surface area is 144 Å². The Hall–Kier alpha value is -1.66. The molecule has 1 aromatic carbocycles. The molecule has 2 N–H and O–H groups in total. The second-order valence-corrected chi connectivity index (χ2v) is 6.96. The summed E-state index contributed by atoms with van der Waals surface area (Å²) < 4.78 is 13.6. The van der Waals surface area contributed by atoms with Gasteiger partial charge in [0.2, 0.25) is 5.91 Å². The first kappa shape index (κ1) is 17.2. The summed E-state index contributed by atoms with van der Waals surface area (Å²) in [7, 11) is 0. The zero-order valence-electron chi connectivity index (χ0n) is 13.2. The van der Waals surface area contributed by atoms with Crippen LogP contribution in [0.2, 0.25) is 5.02 Å². The number of carboxylic acid groups (broad SMARTS) is 1. The van der Waals surface area contributed by atoms with Gasteiger partial charge in [0.25, 0.3) is 0 Å². The molecule has 5 nitrogen and oxygen atoms in total. The molecule has 0 aromatic heterocycles. The van der Waals surface area contributed by atoms with Crippen molar-refractivity contribution in [1.82, 2.24) is 5.32 Å². The highest BCUT2D eigenvalue weighted by molar-refractivity contribution is 6.30. The molecule has 1 aliphatic heterocycles. The van der Waals surface area contributed by atoms with E-state index in [1.54, 1.807) is 11.0 Å². The quantitative estimate of drug-likeness (QED) is 0.872. The molecule has 1 amide bonds. The molecule has 0 radical (unpaired) electrons. The summed E-state index contributed by atoms with van der Waals surface area (Å²) in [6.07, 6.45) is 3.30. The third-order valence-corrected chi connectivity index (χ3v) is 5.19. The second kappa shape index (κ2) is 7.07. The maximum Gasteiger partial charge on any atom is 0.306 e. The molecule has 130 valence electrons. The Balaban J connectivity index is 1.57. The van der Waals surface area contributed by atoms with Crippen molar-refractivity contribution in [3.05, 3.63) is 29.0 Å². The number of amides is 1. The summed E-state index contributed by atoms with van der Waals surface area (Å²) >= 11 is 5.68. The van der Waals surface area contributed by atoms with Crippen molar-refractivity contribution in [2.24, 2.45) is 5.92 Å². The highest BCUT2D eigenvalue weighted by Gasteiger charge is 2.34. The molecule has 7 heteroatoms. The van der Waals surface area contributed by atoms with Crippen molar-refractivity contribution in [2.45, 2.75) is 44.2 Å². The van der Waals surface area contributed by atoms with Crippen LogP contribution in [0.5, 0.6) is 0 Å². The fraction of sp³-hybridized carbons (Fsp3) is 0.529. The molecular formula is C17H20ClFN2O3. The zero-order chi connectivity index (χ0) is 17.3. The van der Waals surface area contributed by atoms with Crippen molar-refractivity contribution >= 4 is 29.2 Å². The molecule has 1 atom stereocenters. The van der Waals surface area contributed by atoms with E-state index in [0.717, 1.165) is 12.8 Å². The van der Waals surface area contributed by atoms with Crippen LogP contribution in [0, 0.1) is 11.7 Å². The van der Waals surface area contributed by atoms with Gasteiger partial charge in [0.15, 0.2) is 0 Å². The number of rotatable bonds is 4. The lowest BCUT2D eigenvalue weighted by atomic mass is 9.86. The zero-order valence-corrected chi connectivity index (χ0v) is 13.9. The number of hydrogen-bond donors (Lipinski definition) is 2. The summed E-state index contributed by atoms with van der Waals surface area (Å²) in [4.78, 5) is 24.8. The molecule has 1 heterocycles. The first-order valence-electron chi connectivity index (χ1n) is 8.18. The third kappa shape index (κ3) is 3.70. The molecule has 3 rings (SSSR count). The Kier molecular flexibility index (Phi) is 5.06. The van der Waals surface area contributed by atoms with Gasteiger partial charge in [0.1, 0.15) is 5.82 Å². The van der Waals surface area contributed by atoms with Crippen LogP contribution < -0.4 is 10.2 Å². The van der Waals surface area contributed by atoms with E-state index in [4.69, 9.17) is 16.7 Å². The number of carbonyl (C=O) groups excluding carboxylic acids is 1. The topological polar surface area (TPSA) is 69.6 Å². The average Bonchev–Trinajstić information content (AvgIpc) is 2.91. The summed E-state index contributed by atoms with van der Waals surface area (Å²) in [6.45, 7) is 0.485. The standard InChI is InChI=1S/C17H20ClFN2O3/c18-14-6-5-13(8-15(14)19)21-9-12(7-16(21)22)20-11-3-1-10(2-4-11)17(23)24/h5-6,8,10-12,20H,1-4,7,9H2,(H,23,24). The van der Waals surface area contributed by atoms with E-state index in [0.29, 0.717) is 31.5 Å². The Bertz CT molecular complexity index is 647. The second-order valence-electron chi connectivity index (χ2n) is 6.56. The van der Waals surface area contributed by atoms with Crippen molar-refractivity contribution in [1.29, 1.82) is 0 Å². The lowest BCUT2D eigenvalue weighted by Crippen LogP contribution is -2.42. The van der Waals surface area contributed by atoms with Crippen LogP contribution in [0.25, 0.3) is 0 Å². The maximum absolute atomic E-state index is 13.6. The summed E-state index contributed by atoms with van der Waals surface area (Å²) in [6, 6.07) is 4.61. The number of halogens is 2. The van der Waals surface area contributed by atoms with Crippen LogP contribution in [0.1, 0.15) is 32.1 Å². The third-order valence-electron chi connectivity index (χ3n) is 4.89. The Morgan fingerprint density at radius 3 is 2.58 bits per heavy atom. The minimum atomic E-state index is -0.722. The SMILES string of the molecule is O=C(O)C1CCC(NC2CC(=O)N(c3ccc(Cl)c(F)c3)C2)CC1. The molecule has 2 fully saturated rings. The minimum Gasteiger partial charge on any atom is -0.481 e. The normalized spacial score (nSPS) is 27.5. The van der Waals surface area contributed by atoms with E-state index < -0.39 is 11.8 Å². The van der Waals surface area contributed by atoms with Gasteiger partial charge in [-0.05, 0) is 43.9 Å².